The van der Waals surface area contributed by atoms with E-state index in [4.69, 9.17) is 18.9 Å². The summed E-state index contributed by atoms with van der Waals surface area (Å²) in [5, 5.41) is 11.5. The van der Waals surface area contributed by atoms with Crippen molar-refractivity contribution in [3.05, 3.63) is 53.1 Å². The van der Waals surface area contributed by atoms with Crippen molar-refractivity contribution in [2.75, 3.05) is 54.1 Å². The Labute approximate surface area is 237 Å². The number of unbranched alkanes of at least 4 members (excludes halogenated alkanes) is 1. The van der Waals surface area contributed by atoms with E-state index in [1.54, 1.807) is 36.4 Å². The fraction of sp³-hybridized carbons (Fsp3) is 0.484. The monoisotopic (exact) mass is 554 g/mol. The van der Waals surface area contributed by atoms with Crippen LogP contribution in [0.15, 0.2) is 42.0 Å². The number of hydrogen-bond acceptors (Lipinski definition) is 8. The summed E-state index contributed by atoms with van der Waals surface area (Å²) in [6.07, 6.45) is 2.55. The van der Waals surface area contributed by atoms with Gasteiger partial charge in [-0.2, -0.15) is 0 Å². The second kappa shape index (κ2) is 14.6. The van der Waals surface area contributed by atoms with Crippen LogP contribution in [-0.4, -0.2) is 80.7 Å². The average molecular weight is 555 g/mol. The fourth-order valence-corrected chi connectivity index (χ4v) is 4.94. The van der Waals surface area contributed by atoms with Gasteiger partial charge >= 0.3 is 0 Å². The molecule has 1 saturated heterocycles. The quantitative estimate of drug-likeness (QED) is 0.141. The zero-order valence-electron chi connectivity index (χ0n) is 24.5. The van der Waals surface area contributed by atoms with E-state index in [-0.39, 0.29) is 11.3 Å². The van der Waals surface area contributed by atoms with Gasteiger partial charge in [-0.3, -0.25) is 9.59 Å². The summed E-state index contributed by atoms with van der Waals surface area (Å²) in [6, 6.07) is 9.52. The van der Waals surface area contributed by atoms with Crippen molar-refractivity contribution >= 4 is 17.4 Å². The molecule has 0 aliphatic carbocycles. The standard InChI is InChI=1S/C31H42N2O7/c1-7-10-17-40-23-14-11-13-21(18-23)28(34)26-27(22-19-24(37-4)30(39-6)25(20-22)38-5)33(31(36)29(26)35)16-12-15-32(8-2)9-3/h11,13-14,18-20,27,34H,7-10,12,15-17H2,1-6H3. The Kier molecular flexibility index (Phi) is 11.3. The van der Waals surface area contributed by atoms with Gasteiger partial charge in [0.1, 0.15) is 11.5 Å². The van der Waals surface area contributed by atoms with Gasteiger partial charge in [0.2, 0.25) is 5.75 Å². The molecule has 218 valence electrons. The van der Waals surface area contributed by atoms with Gasteiger partial charge in [-0.1, -0.05) is 39.3 Å². The van der Waals surface area contributed by atoms with Gasteiger partial charge < -0.3 is 33.9 Å². The Morgan fingerprint density at radius 1 is 0.950 bits per heavy atom. The van der Waals surface area contributed by atoms with E-state index >= 15 is 0 Å². The first kappa shape index (κ1) is 30.8. The molecule has 1 amide bonds. The zero-order valence-corrected chi connectivity index (χ0v) is 24.5. The number of ether oxygens (including phenoxy) is 4. The average Bonchev–Trinajstić information content (AvgIpc) is 3.23. The molecule has 9 nitrogen and oxygen atoms in total. The number of rotatable bonds is 15. The van der Waals surface area contributed by atoms with Gasteiger partial charge in [-0.25, -0.2) is 0 Å². The van der Waals surface area contributed by atoms with Gasteiger partial charge in [0.05, 0.1) is 39.6 Å². The molecule has 0 radical (unpaired) electrons. The van der Waals surface area contributed by atoms with Crippen LogP contribution in [0.4, 0.5) is 0 Å². The topological polar surface area (TPSA) is 97.8 Å². The number of hydrogen-bond donors (Lipinski definition) is 1. The molecule has 0 saturated carbocycles. The molecule has 1 atom stereocenters. The molecular formula is C31H42N2O7. The van der Waals surface area contributed by atoms with E-state index in [1.165, 1.54) is 26.2 Å². The number of nitrogens with zero attached hydrogens (tertiary/aromatic N) is 2. The predicted molar refractivity (Wildman–Crippen MR) is 154 cm³/mol. The van der Waals surface area contributed by atoms with Crippen LogP contribution >= 0.6 is 0 Å². The third-order valence-electron chi connectivity index (χ3n) is 7.18. The van der Waals surface area contributed by atoms with E-state index in [0.717, 1.165) is 32.5 Å². The number of ketones is 1. The minimum Gasteiger partial charge on any atom is -0.507 e. The smallest absolute Gasteiger partial charge is 0.295 e. The largest absolute Gasteiger partial charge is 0.507 e. The zero-order chi connectivity index (χ0) is 29.2. The van der Waals surface area contributed by atoms with E-state index in [1.807, 2.05) is 0 Å². The lowest BCUT2D eigenvalue weighted by molar-refractivity contribution is -0.140. The molecule has 3 rings (SSSR count). The van der Waals surface area contributed by atoms with Crippen LogP contribution in [0.2, 0.25) is 0 Å². The molecule has 1 heterocycles. The highest BCUT2D eigenvalue weighted by Gasteiger charge is 2.46. The summed E-state index contributed by atoms with van der Waals surface area (Å²) < 4.78 is 22.4. The molecule has 1 aliphatic rings. The van der Waals surface area contributed by atoms with Gasteiger partial charge in [0, 0.05) is 12.1 Å². The lowest BCUT2D eigenvalue weighted by atomic mass is 9.94. The summed E-state index contributed by atoms with van der Waals surface area (Å²) in [5.74, 6) is 0.0872. The molecule has 9 heteroatoms. The minimum atomic E-state index is -0.852. The maximum atomic E-state index is 13.5. The number of Topliss-reactive ketones (excluding diaryl/α,β-unsaturated/α-hetero) is 1. The van der Waals surface area contributed by atoms with Crippen molar-refractivity contribution in [2.45, 2.75) is 46.1 Å². The van der Waals surface area contributed by atoms with Crippen molar-refractivity contribution in [1.29, 1.82) is 0 Å². The highest BCUT2D eigenvalue weighted by atomic mass is 16.5. The van der Waals surface area contributed by atoms with Crippen molar-refractivity contribution < 1.29 is 33.6 Å². The number of carbonyl (C=O) groups is 2. The molecule has 0 bridgehead atoms. The van der Waals surface area contributed by atoms with E-state index in [2.05, 4.69) is 25.7 Å². The number of likely N-dealkylation sites (tertiary alicyclic amines) is 1. The number of benzene rings is 2. The molecule has 1 N–H and O–H groups in total. The van der Waals surface area contributed by atoms with Gasteiger partial charge in [0.15, 0.2) is 11.5 Å². The Morgan fingerprint density at radius 2 is 1.62 bits per heavy atom. The second-order valence-electron chi connectivity index (χ2n) is 9.56. The number of aliphatic hydroxyl groups excluding tert-OH is 1. The molecule has 40 heavy (non-hydrogen) atoms. The van der Waals surface area contributed by atoms with Crippen LogP contribution < -0.4 is 18.9 Å². The molecule has 0 spiro atoms. The predicted octanol–water partition coefficient (Wildman–Crippen LogP) is 5.04. The maximum Gasteiger partial charge on any atom is 0.295 e. The maximum absolute atomic E-state index is 13.5. The highest BCUT2D eigenvalue weighted by Crippen LogP contribution is 2.45. The number of carbonyl (C=O) groups excluding carboxylic acids is 2. The number of methoxy groups -OCH3 is 3. The van der Waals surface area contributed by atoms with Crippen LogP contribution in [0, 0.1) is 0 Å². The van der Waals surface area contributed by atoms with E-state index < -0.39 is 17.7 Å². The minimum absolute atomic E-state index is 0.00724. The molecule has 2 aromatic rings. The normalized spacial score (nSPS) is 16.5. The Hall–Kier alpha value is -3.72. The number of aliphatic hydroxyl groups is 1. The summed E-state index contributed by atoms with van der Waals surface area (Å²) in [4.78, 5) is 30.7. The van der Waals surface area contributed by atoms with Gasteiger partial charge in [-0.05, 0) is 62.3 Å². The Balaban J connectivity index is 2.13. The fourth-order valence-electron chi connectivity index (χ4n) is 4.94. The van der Waals surface area contributed by atoms with Crippen LogP contribution in [-0.2, 0) is 9.59 Å². The third-order valence-corrected chi connectivity index (χ3v) is 7.18. The SMILES string of the molecule is CCCCOc1cccc(C(O)=C2C(=O)C(=O)N(CCCN(CC)CC)C2c2cc(OC)c(OC)c(OC)c2)c1. The highest BCUT2D eigenvalue weighted by molar-refractivity contribution is 6.46. The van der Waals surface area contributed by atoms with Crippen LogP contribution in [0.1, 0.15) is 57.2 Å². The number of amides is 1. The first-order valence-electron chi connectivity index (χ1n) is 13.9. The van der Waals surface area contributed by atoms with Crippen molar-refractivity contribution in [1.82, 2.24) is 9.80 Å². The summed E-state index contributed by atoms with van der Waals surface area (Å²) in [6.45, 7) is 9.69. The van der Waals surface area contributed by atoms with Crippen molar-refractivity contribution in [2.24, 2.45) is 0 Å². The van der Waals surface area contributed by atoms with Crippen molar-refractivity contribution in [3.63, 3.8) is 0 Å². The summed E-state index contributed by atoms with van der Waals surface area (Å²) >= 11 is 0. The first-order valence-corrected chi connectivity index (χ1v) is 13.9. The van der Waals surface area contributed by atoms with E-state index in [9.17, 15) is 14.7 Å². The molecule has 1 unspecified atom stereocenters. The molecular weight excluding hydrogens is 512 g/mol. The summed E-state index contributed by atoms with van der Waals surface area (Å²) in [7, 11) is 4.52. The Morgan fingerprint density at radius 3 is 2.20 bits per heavy atom. The third kappa shape index (κ3) is 6.70. The Bertz CT molecular complexity index is 1180. The van der Waals surface area contributed by atoms with Gasteiger partial charge in [-0.15, -0.1) is 0 Å². The summed E-state index contributed by atoms with van der Waals surface area (Å²) in [5.41, 5.74) is 0.967. The molecule has 1 fully saturated rings. The molecule has 1 aliphatic heterocycles. The molecule has 0 aromatic heterocycles. The van der Waals surface area contributed by atoms with Gasteiger partial charge in [0.25, 0.3) is 11.7 Å². The van der Waals surface area contributed by atoms with Crippen molar-refractivity contribution in [3.8, 4) is 23.0 Å². The van der Waals surface area contributed by atoms with Crippen LogP contribution in [0.5, 0.6) is 23.0 Å². The lowest BCUT2D eigenvalue weighted by Crippen LogP contribution is -2.33. The second-order valence-corrected chi connectivity index (χ2v) is 9.56. The lowest BCUT2D eigenvalue weighted by Gasteiger charge is -2.27. The van der Waals surface area contributed by atoms with E-state index in [0.29, 0.717) is 53.7 Å². The van der Waals surface area contributed by atoms with Crippen LogP contribution in [0.3, 0.4) is 0 Å². The molecule has 2 aromatic carbocycles. The van der Waals surface area contributed by atoms with Crippen LogP contribution in [0.25, 0.3) is 5.76 Å². The first-order chi connectivity index (χ1) is 19.3.